The first-order chi connectivity index (χ1) is 8.02. The lowest BCUT2D eigenvalue weighted by Crippen LogP contribution is -2.55. The molecule has 98 valence electrons. The van der Waals surface area contributed by atoms with Crippen LogP contribution in [0.1, 0.15) is 26.7 Å². The molecule has 2 N–H and O–H groups in total. The van der Waals surface area contributed by atoms with E-state index in [1.54, 1.807) is 6.08 Å². The molecule has 1 saturated heterocycles. The van der Waals surface area contributed by atoms with Gasteiger partial charge < -0.3 is 24.4 Å². The van der Waals surface area contributed by atoms with E-state index in [1.807, 2.05) is 13.8 Å². The van der Waals surface area contributed by atoms with Crippen LogP contribution in [0.15, 0.2) is 11.8 Å². The fourth-order valence-corrected chi connectivity index (χ4v) is 2.12. The Balaban J connectivity index is 2.02. The molecule has 2 rings (SSSR count). The summed E-state index contributed by atoms with van der Waals surface area (Å²) in [7, 11) is 0. The van der Waals surface area contributed by atoms with Crippen molar-refractivity contribution in [2.24, 2.45) is 0 Å². The first-order valence-electron chi connectivity index (χ1n) is 6.00. The summed E-state index contributed by atoms with van der Waals surface area (Å²) in [4.78, 5) is 0. The Morgan fingerprint density at radius 2 is 2.24 bits per heavy atom. The lowest BCUT2D eigenvalue weighted by atomic mass is 10.0. The quantitative estimate of drug-likeness (QED) is 0.759. The highest BCUT2D eigenvalue weighted by Crippen LogP contribution is 2.31. The zero-order valence-corrected chi connectivity index (χ0v) is 10.3. The van der Waals surface area contributed by atoms with Crippen molar-refractivity contribution in [1.29, 1.82) is 0 Å². The lowest BCUT2D eigenvalue weighted by Gasteiger charge is -2.44. The van der Waals surface area contributed by atoms with Crippen molar-refractivity contribution in [2.45, 2.75) is 50.8 Å². The molecule has 0 aliphatic carbocycles. The van der Waals surface area contributed by atoms with Gasteiger partial charge in [-0.1, -0.05) is 0 Å². The van der Waals surface area contributed by atoms with E-state index in [-0.39, 0.29) is 18.8 Å². The second kappa shape index (κ2) is 4.94. The first kappa shape index (κ1) is 12.8. The maximum absolute atomic E-state index is 10.0. The topological polar surface area (TPSA) is 68.2 Å². The van der Waals surface area contributed by atoms with Crippen LogP contribution in [0.5, 0.6) is 0 Å². The molecule has 0 amide bonds. The van der Waals surface area contributed by atoms with Crippen molar-refractivity contribution in [1.82, 2.24) is 0 Å². The predicted octanol–water partition coefficient (Wildman–Crippen LogP) is 0.554. The van der Waals surface area contributed by atoms with Gasteiger partial charge in [0.1, 0.15) is 12.2 Å². The molecule has 0 aromatic carbocycles. The van der Waals surface area contributed by atoms with Gasteiger partial charge in [-0.15, -0.1) is 0 Å². The van der Waals surface area contributed by atoms with E-state index in [9.17, 15) is 5.11 Å². The number of allylic oxidation sites excluding steroid dienone is 1. The molecule has 2 aliphatic heterocycles. The van der Waals surface area contributed by atoms with Crippen LogP contribution in [-0.2, 0) is 14.2 Å². The molecule has 3 atom stereocenters. The molecule has 0 radical (unpaired) electrons. The van der Waals surface area contributed by atoms with Crippen molar-refractivity contribution in [3.05, 3.63) is 11.8 Å². The standard InChI is InChI=1S/C12H20O5/c1-12(2)15-7-10-11(17-12)9(14)6-8(16-10)4-3-5-13/h6,9-11,13-14H,3-5,7H2,1-2H3/t9-,10?,11?/m1/s1. The SMILES string of the molecule is CC1(C)OCC2OC(CCCO)=C[C@@H](O)C2O1. The minimum Gasteiger partial charge on any atom is -0.490 e. The first-order valence-corrected chi connectivity index (χ1v) is 6.00. The maximum atomic E-state index is 10.0. The molecule has 0 spiro atoms. The zero-order chi connectivity index (χ0) is 12.5. The van der Waals surface area contributed by atoms with Gasteiger partial charge in [0, 0.05) is 13.0 Å². The van der Waals surface area contributed by atoms with Crippen molar-refractivity contribution < 1.29 is 24.4 Å². The molecular weight excluding hydrogens is 224 g/mol. The fraction of sp³-hybridized carbons (Fsp3) is 0.833. The fourth-order valence-electron chi connectivity index (χ4n) is 2.12. The van der Waals surface area contributed by atoms with E-state index in [1.165, 1.54) is 0 Å². The Bertz CT molecular complexity index is 299. The van der Waals surface area contributed by atoms with Crippen LogP contribution in [-0.4, -0.2) is 47.5 Å². The number of hydrogen-bond donors (Lipinski definition) is 2. The van der Waals surface area contributed by atoms with Gasteiger partial charge in [0.15, 0.2) is 11.9 Å². The summed E-state index contributed by atoms with van der Waals surface area (Å²) in [5, 5.41) is 18.8. The molecule has 0 aromatic heterocycles. The summed E-state index contributed by atoms with van der Waals surface area (Å²) in [5.74, 6) is 0.0294. The number of aliphatic hydroxyl groups excluding tert-OH is 2. The molecule has 2 aliphatic rings. The van der Waals surface area contributed by atoms with Crippen LogP contribution in [0.4, 0.5) is 0 Å². The van der Waals surface area contributed by atoms with Gasteiger partial charge in [0.25, 0.3) is 0 Å². The third kappa shape index (κ3) is 2.98. The third-order valence-corrected chi connectivity index (χ3v) is 2.96. The highest BCUT2D eigenvalue weighted by atomic mass is 16.7. The minimum atomic E-state index is -0.679. The van der Waals surface area contributed by atoms with Crippen LogP contribution >= 0.6 is 0 Å². The molecule has 5 heteroatoms. The largest absolute Gasteiger partial charge is 0.490 e. The molecule has 5 nitrogen and oxygen atoms in total. The van der Waals surface area contributed by atoms with Crippen LogP contribution in [0.3, 0.4) is 0 Å². The molecular formula is C12H20O5. The van der Waals surface area contributed by atoms with E-state index >= 15 is 0 Å². The van der Waals surface area contributed by atoms with Gasteiger partial charge in [-0.25, -0.2) is 0 Å². The second-order valence-corrected chi connectivity index (χ2v) is 4.90. The Labute approximate surface area is 101 Å². The van der Waals surface area contributed by atoms with Crippen molar-refractivity contribution in [2.75, 3.05) is 13.2 Å². The summed E-state index contributed by atoms with van der Waals surface area (Å²) in [6, 6.07) is 0. The van der Waals surface area contributed by atoms with E-state index in [0.29, 0.717) is 25.2 Å². The average molecular weight is 244 g/mol. The summed E-state index contributed by atoms with van der Waals surface area (Å²) in [6.45, 7) is 4.16. The van der Waals surface area contributed by atoms with Crippen LogP contribution in [0.25, 0.3) is 0 Å². The molecule has 1 fully saturated rings. The predicted molar refractivity (Wildman–Crippen MR) is 60.2 cm³/mol. The smallest absolute Gasteiger partial charge is 0.163 e. The lowest BCUT2D eigenvalue weighted by molar-refractivity contribution is -0.321. The highest BCUT2D eigenvalue weighted by Gasteiger charge is 2.43. The number of hydrogen-bond acceptors (Lipinski definition) is 5. The van der Waals surface area contributed by atoms with Crippen molar-refractivity contribution >= 4 is 0 Å². The van der Waals surface area contributed by atoms with Gasteiger partial charge >= 0.3 is 0 Å². The summed E-state index contributed by atoms with van der Waals surface area (Å²) >= 11 is 0. The Morgan fingerprint density at radius 1 is 1.47 bits per heavy atom. The summed E-state index contributed by atoms with van der Waals surface area (Å²) in [5.41, 5.74) is 0. The number of ether oxygens (including phenoxy) is 3. The van der Waals surface area contributed by atoms with Gasteiger partial charge in [-0.05, 0) is 26.3 Å². The summed E-state index contributed by atoms with van der Waals surface area (Å²) < 4.78 is 16.8. The number of fused-ring (bicyclic) bond motifs is 1. The Kier molecular flexibility index (Phi) is 3.73. The van der Waals surface area contributed by atoms with E-state index < -0.39 is 11.9 Å². The van der Waals surface area contributed by atoms with E-state index in [2.05, 4.69) is 0 Å². The Morgan fingerprint density at radius 3 is 2.94 bits per heavy atom. The maximum Gasteiger partial charge on any atom is 0.163 e. The third-order valence-electron chi connectivity index (χ3n) is 2.96. The van der Waals surface area contributed by atoms with Gasteiger partial charge in [0.2, 0.25) is 0 Å². The van der Waals surface area contributed by atoms with Gasteiger partial charge in [-0.3, -0.25) is 0 Å². The molecule has 17 heavy (non-hydrogen) atoms. The van der Waals surface area contributed by atoms with E-state index in [4.69, 9.17) is 19.3 Å². The van der Waals surface area contributed by atoms with Crippen LogP contribution in [0.2, 0.25) is 0 Å². The monoisotopic (exact) mass is 244 g/mol. The zero-order valence-electron chi connectivity index (χ0n) is 10.3. The number of aliphatic hydroxyl groups is 2. The molecule has 0 aromatic rings. The van der Waals surface area contributed by atoms with Crippen LogP contribution in [0, 0.1) is 0 Å². The van der Waals surface area contributed by atoms with E-state index in [0.717, 1.165) is 0 Å². The number of rotatable bonds is 3. The van der Waals surface area contributed by atoms with Gasteiger partial charge in [-0.2, -0.15) is 0 Å². The van der Waals surface area contributed by atoms with Crippen LogP contribution < -0.4 is 0 Å². The molecule has 0 bridgehead atoms. The average Bonchev–Trinajstić information content (AvgIpc) is 2.27. The summed E-state index contributed by atoms with van der Waals surface area (Å²) in [6.07, 6.45) is 1.60. The molecule has 2 heterocycles. The van der Waals surface area contributed by atoms with Crippen molar-refractivity contribution in [3.63, 3.8) is 0 Å². The molecule has 2 unspecified atom stereocenters. The Hall–Kier alpha value is -0.620. The highest BCUT2D eigenvalue weighted by molar-refractivity contribution is 5.08. The van der Waals surface area contributed by atoms with Gasteiger partial charge in [0.05, 0.1) is 12.4 Å². The minimum absolute atomic E-state index is 0.116. The molecule has 0 saturated carbocycles. The normalized spacial score (nSPS) is 35.8. The second-order valence-electron chi connectivity index (χ2n) is 4.90. The van der Waals surface area contributed by atoms with Crippen molar-refractivity contribution in [3.8, 4) is 0 Å².